The Balaban J connectivity index is 1.77. The van der Waals surface area contributed by atoms with Gasteiger partial charge >= 0.3 is 0 Å². The van der Waals surface area contributed by atoms with Gasteiger partial charge in [0.1, 0.15) is 24.0 Å². The summed E-state index contributed by atoms with van der Waals surface area (Å²) in [5, 5.41) is 4.26. The second-order valence-electron chi connectivity index (χ2n) is 5.32. The molecule has 1 aromatic carbocycles. The number of ether oxygens (including phenoxy) is 2. The molecule has 0 radical (unpaired) electrons. The summed E-state index contributed by atoms with van der Waals surface area (Å²) in [6.07, 6.45) is 1.70. The van der Waals surface area contributed by atoms with Gasteiger partial charge < -0.3 is 14.8 Å². The Bertz CT molecular complexity index is 929. The van der Waals surface area contributed by atoms with Crippen LogP contribution in [0.3, 0.4) is 0 Å². The van der Waals surface area contributed by atoms with Crippen LogP contribution in [0.15, 0.2) is 48.7 Å². The molecular weight excluding hydrogens is 314 g/mol. The van der Waals surface area contributed by atoms with Crippen molar-refractivity contribution in [2.24, 2.45) is 0 Å². The molecular formula is C20H19N3O2. The maximum absolute atomic E-state index is 5.59. The first kappa shape index (κ1) is 16.7. The van der Waals surface area contributed by atoms with Crippen LogP contribution in [0.4, 0.5) is 11.6 Å². The summed E-state index contributed by atoms with van der Waals surface area (Å²) in [6, 6.07) is 13.6. The van der Waals surface area contributed by atoms with Crippen molar-refractivity contribution in [2.75, 3.05) is 25.6 Å². The van der Waals surface area contributed by atoms with Gasteiger partial charge in [-0.3, -0.25) is 0 Å². The van der Waals surface area contributed by atoms with E-state index < -0.39 is 0 Å². The van der Waals surface area contributed by atoms with E-state index in [-0.39, 0.29) is 0 Å². The molecule has 0 aliphatic carbocycles. The average Bonchev–Trinajstić information content (AvgIpc) is 2.63. The number of methoxy groups -OCH3 is 1. The predicted octanol–water partition coefficient (Wildman–Crippen LogP) is 3.77. The number of nitrogens with zero attached hydrogens (tertiary/aromatic N) is 2. The third-order valence-electron chi connectivity index (χ3n) is 3.50. The van der Waals surface area contributed by atoms with Crippen LogP contribution in [0.5, 0.6) is 5.75 Å². The Kier molecular flexibility index (Phi) is 5.45. The number of pyridine rings is 2. The molecule has 0 aliphatic rings. The Morgan fingerprint density at radius 2 is 1.96 bits per heavy atom. The number of fused-ring (bicyclic) bond motifs is 1. The van der Waals surface area contributed by atoms with Crippen molar-refractivity contribution in [3.05, 3.63) is 54.2 Å². The molecule has 0 saturated heterocycles. The molecule has 0 aliphatic heterocycles. The van der Waals surface area contributed by atoms with Gasteiger partial charge in [0.2, 0.25) is 0 Å². The molecule has 126 valence electrons. The topological polar surface area (TPSA) is 56.3 Å². The average molecular weight is 333 g/mol. The molecule has 0 saturated carbocycles. The standard InChI is InChI=1S/C20H19N3O2/c1-3-4-15-5-7-18-16(13-15)6-8-19(22-18)23-20-14-17(9-10-21-20)25-12-11-24-2/h5-10,13-14H,11-12H2,1-2H3,(H,21,22,23). The van der Waals surface area contributed by atoms with Crippen molar-refractivity contribution < 1.29 is 9.47 Å². The van der Waals surface area contributed by atoms with Crippen molar-refractivity contribution in [2.45, 2.75) is 6.92 Å². The molecule has 0 amide bonds. The molecule has 1 N–H and O–H groups in total. The van der Waals surface area contributed by atoms with E-state index >= 15 is 0 Å². The van der Waals surface area contributed by atoms with Crippen LogP contribution in [-0.4, -0.2) is 30.3 Å². The predicted molar refractivity (Wildman–Crippen MR) is 99.2 cm³/mol. The van der Waals surface area contributed by atoms with E-state index in [1.807, 2.05) is 49.4 Å². The number of anilines is 2. The maximum atomic E-state index is 5.59. The lowest BCUT2D eigenvalue weighted by atomic mass is 10.1. The molecule has 3 rings (SSSR count). The lowest BCUT2D eigenvalue weighted by molar-refractivity contribution is 0.146. The second kappa shape index (κ2) is 8.13. The van der Waals surface area contributed by atoms with Crippen LogP contribution in [-0.2, 0) is 4.74 Å². The van der Waals surface area contributed by atoms with Crippen molar-refractivity contribution in [3.63, 3.8) is 0 Å². The lowest BCUT2D eigenvalue weighted by Gasteiger charge is -2.09. The van der Waals surface area contributed by atoms with E-state index in [0.29, 0.717) is 19.0 Å². The van der Waals surface area contributed by atoms with Crippen molar-refractivity contribution in [3.8, 4) is 17.6 Å². The number of nitrogens with one attached hydrogen (secondary N) is 1. The van der Waals surface area contributed by atoms with E-state index in [0.717, 1.165) is 28.0 Å². The molecule has 3 aromatic rings. The molecule has 0 spiro atoms. The van der Waals surface area contributed by atoms with Crippen LogP contribution < -0.4 is 10.1 Å². The SMILES string of the molecule is CC#Cc1ccc2nc(Nc3cc(OCCOC)ccn3)ccc2c1. The van der Waals surface area contributed by atoms with Gasteiger partial charge in [-0.2, -0.15) is 0 Å². The molecule has 0 bridgehead atoms. The van der Waals surface area contributed by atoms with E-state index in [2.05, 4.69) is 27.1 Å². The van der Waals surface area contributed by atoms with Gasteiger partial charge in [0.05, 0.1) is 12.1 Å². The number of hydrogen-bond donors (Lipinski definition) is 1. The zero-order valence-corrected chi connectivity index (χ0v) is 14.2. The van der Waals surface area contributed by atoms with Crippen LogP contribution in [0.25, 0.3) is 10.9 Å². The summed E-state index contributed by atoms with van der Waals surface area (Å²) in [5.74, 6) is 8.10. The van der Waals surface area contributed by atoms with Gasteiger partial charge in [-0.1, -0.05) is 5.92 Å². The summed E-state index contributed by atoms with van der Waals surface area (Å²) < 4.78 is 10.6. The van der Waals surface area contributed by atoms with Gasteiger partial charge in [0.15, 0.2) is 0 Å². The molecule has 2 heterocycles. The van der Waals surface area contributed by atoms with Crippen LogP contribution in [0.2, 0.25) is 0 Å². The van der Waals surface area contributed by atoms with Crippen molar-refractivity contribution >= 4 is 22.5 Å². The fourth-order valence-electron chi connectivity index (χ4n) is 2.36. The third-order valence-corrected chi connectivity index (χ3v) is 3.50. The largest absolute Gasteiger partial charge is 0.491 e. The Morgan fingerprint density at radius 3 is 2.80 bits per heavy atom. The number of benzene rings is 1. The zero-order valence-electron chi connectivity index (χ0n) is 14.2. The van der Waals surface area contributed by atoms with Crippen molar-refractivity contribution in [1.29, 1.82) is 0 Å². The summed E-state index contributed by atoms with van der Waals surface area (Å²) in [7, 11) is 1.64. The molecule has 0 unspecified atom stereocenters. The van der Waals surface area contributed by atoms with Crippen LogP contribution in [0, 0.1) is 11.8 Å². The molecule has 0 fully saturated rings. The molecule has 25 heavy (non-hydrogen) atoms. The highest BCUT2D eigenvalue weighted by molar-refractivity contribution is 5.82. The first-order chi connectivity index (χ1) is 12.3. The smallest absolute Gasteiger partial charge is 0.135 e. The molecule has 5 heteroatoms. The Morgan fingerprint density at radius 1 is 1.04 bits per heavy atom. The van der Waals surface area contributed by atoms with Gasteiger partial charge in [0, 0.05) is 30.3 Å². The van der Waals surface area contributed by atoms with Gasteiger partial charge in [-0.05, 0) is 43.3 Å². The summed E-state index contributed by atoms with van der Waals surface area (Å²) >= 11 is 0. The lowest BCUT2D eigenvalue weighted by Crippen LogP contribution is -2.04. The first-order valence-corrected chi connectivity index (χ1v) is 7.97. The minimum atomic E-state index is 0.497. The van der Waals surface area contributed by atoms with Crippen LogP contribution in [0.1, 0.15) is 12.5 Å². The van der Waals surface area contributed by atoms with E-state index in [4.69, 9.17) is 9.47 Å². The molecule has 0 atom stereocenters. The summed E-state index contributed by atoms with van der Waals surface area (Å²) in [5.41, 5.74) is 1.89. The summed E-state index contributed by atoms with van der Waals surface area (Å²) in [6.45, 7) is 2.87. The summed E-state index contributed by atoms with van der Waals surface area (Å²) in [4.78, 5) is 8.92. The van der Waals surface area contributed by atoms with Crippen molar-refractivity contribution in [1.82, 2.24) is 9.97 Å². The fourth-order valence-corrected chi connectivity index (χ4v) is 2.36. The molecule has 2 aromatic heterocycles. The van der Waals surface area contributed by atoms with E-state index in [1.165, 1.54) is 0 Å². The minimum Gasteiger partial charge on any atom is -0.491 e. The zero-order chi connectivity index (χ0) is 17.5. The fraction of sp³-hybridized carbons (Fsp3) is 0.200. The first-order valence-electron chi connectivity index (χ1n) is 7.97. The van der Waals surface area contributed by atoms with Crippen LogP contribution >= 0.6 is 0 Å². The number of hydrogen-bond acceptors (Lipinski definition) is 5. The van der Waals surface area contributed by atoms with Gasteiger partial charge in [-0.15, -0.1) is 5.92 Å². The highest BCUT2D eigenvalue weighted by Gasteiger charge is 2.03. The number of aromatic nitrogens is 2. The van der Waals surface area contributed by atoms with E-state index in [9.17, 15) is 0 Å². The third kappa shape index (κ3) is 4.46. The monoisotopic (exact) mass is 333 g/mol. The van der Waals surface area contributed by atoms with E-state index in [1.54, 1.807) is 13.3 Å². The number of rotatable bonds is 6. The van der Waals surface area contributed by atoms with Gasteiger partial charge in [0.25, 0.3) is 0 Å². The highest BCUT2D eigenvalue weighted by Crippen LogP contribution is 2.21. The minimum absolute atomic E-state index is 0.497. The van der Waals surface area contributed by atoms with Gasteiger partial charge in [-0.25, -0.2) is 9.97 Å². The Hall–Kier alpha value is -3.10. The normalized spacial score (nSPS) is 10.2. The quantitative estimate of drug-likeness (QED) is 0.550. The maximum Gasteiger partial charge on any atom is 0.135 e. The highest BCUT2D eigenvalue weighted by atomic mass is 16.5. The second-order valence-corrected chi connectivity index (χ2v) is 5.32. The molecule has 5 nitrogen and oxygen atoms in total. The Labute approximate surface area is 147 Å².